The molecule has 0 atom stereocenters. The van der Waals surface area contributed by atoms with Gasteiger partial charge in [-0.2, -0.15) is 0 Å². The van der Waals surface area contributed by atoms with Crippen LogP contribution in [0.5, 0.6) is 0 Å². The molecule has 1 fully saturated rings. The number of hydrogen-bond donors (Lipinski definition) is 1. The second kappa shape index (κ2) is 5.94. The van der Waals surface area contributed by atoms with Crippen molar-refractivity contribution in [3.8, 4) is 5.69 Å². The first-order valence-electron chi connectivity index (χ1n) is 7.46. The normalized spacial score (nSPS) is 16.2. The number of hydrogen-bond acceptors (Lipinski definition) is 5. The Hall–Kier alpha value is -3.35. The van der Waals surface area contributed by atoms with Gasteiger partial charge in [-0.25, -0.2) is 14.4 Å². The van der Waals surface area contributed by atoms with Crippen molar-refractivity contribution in [3.05, 3.63) is 59.4 Å². The van der Waals surface area contributed by atoms with Crippen LogP contribution in [-0.4, -0.2) is 33.4 Å². The highest BCUT2D eigenvalue weighted by Gasteiger charge is 2.39. The third-order valence-electron chi connectivity index (χ3n) is 3.58. The Bertz CT molecular complexity index is 867. The molecule has 7 heteroatoms. The van der Waals surface area contributed by atoms with Gasteiger partial charge in [0.1, 0.15) is 5.57 Å². The molecule has 128 valence electrons. The number of carbonyl (C=O) groups excluding carboxylic acids is 2. The predicted octanol–water partition coefficient (Wildman–Crippen LogP) is 2.40. The number of esters is 2. The maximum Gasteiger partial charge on any atom is 0.348 e. The monoisotopic (exact) mass is 341 g/mol. The first-order chi connectivity index (χ1) is 11.8. The average molecular weight is 341 g/mol. The highest BCUT2D eigenvalue weighted by Crippen LogP contribution is 2.25. The molecular formula is C18H15NO6. The maximum absolute atomic E-state index is 12.0. The minimum atomic E-state index is -1.29. The summed E-state index contributed by atoms with van der Waals surface area (Å²) >= 11 is 0. The summed E-state index contributed by atoms with van der Waals surface area (Å²) in [6.07, 6.45) is 3.11. The van der Waals surface area contributed by atoms with E-state index < -0.39 is 23.7 Å². The number of nitrogens with zero attached hydrogens (tertiary/aromatic N) is 1. The van der Waals surface area contributed by atoms with Crippen molar-refractivity contribution in [2.45, 2.75) is 19.6 Å². The van der Waals surface area contributed by atoms with Crippen LogP contribution in [0.1, 0.15) is 29.9 Å². The number of aromatic carboxylic acids is 1. The summed E-state index contributed by atoms with van der Waals surface area (Å²) in [5.41, 5.74) is 1.19. The van der Waals surface area contributed by atoms with Crippen molar-refractivity contribution >= 4 is 24.0 Å². The molecule has 0 aliphatic carbocycles. The molecule has 0 bridgehead atoms. The van der Waals surface area contributed by atoms with E-state index in [-0.39, 0.29) is 11.1 Å². The zero-order valence-corrected chi connectivity index (χ0v) is 13.6. The molecule has 1 aliphatic heterocycles. The van der Waals surface area contributed by atoms with Crippen LogP contribution in [0.25, 0.3) is 11.8 Å². The van der Waals surface area contributed by atoms with Crippen LogP contribution in [0.2, 0.25) is 0 Å². The summed E-state index contributed by atoms with van der Waals surface area (Å²) in [4.78, 5) is 35.0. The van der Waals surface area contributed by atoms with Gasteiger partial charge in [-0.05, 0) is 42.5 Å². The number of ether oxygens (including phenoxy) is 2. The average Bonchev–Trinajstić information content (AvgIpc) is 2.98. The van der Waals surface area contributed by atoms with Crippen molar-refractivity contribution in [1.29, 1.82) is 0 Å². The smallest absolute Gasteiger partial charge is 0.348 e. The lowest BCUT2D eigenvalue weighted by Gasteiger charge is -2.29. The Morgan fingerprint density at radius 2 is 1.68 bits per heavy atom. The molecule has 2 aromatic rings. The minimum Gasteiger partial charge on any atom is -0.478 e. The van der Waals surface area contributed by atoms with Crippen LogP contribution in [0.4, 0.5) is 0 Å². The van der Waals surface area contributed by atoms with Gasteiger partial charge in [0.15, 0.2) is 0 Å². The molecule has 25 heavy (non-hydrogen) atoms. The van der Waals surface area contributed by atoms with E-state index in [1.54, 1.807) is 35.0 Å². The lowest BCUT2D eigenvalue weighted by molar-refractivity contribution is -0.222. The largest absolute Gasteiger partial charge is 0.478 e. The molecule has 2 heterocycles. The van der Waals surface area contributed by atoms with Crippen LogP contribution >= 0.6 is 0 Å². The highest BCUT2D eigenvalue weighted by atomic mass is 16.7. The molecule has 1 N–H and O–H groups in total. The number of cyclic esters (lactones) is 2. The van der Waals surface area contributed by atoms with Gasteiger partial charge in [0.25, 0.3) is 5.79 Å². The lowest BCUT2D eigenvalue weighted by Crippen LogP contribution is -2.41. The number of carboxylic acids is 1. The zero-order valence-electron chi connectivity index (χ0n) is 13.6. The Balaban J connectivity index is 1.96. The van der Waals surface area contributed by atoms with Gasteiger partial charge in [-0.3, -0.25) is 0 Å². The summed E-state index contributed by atoms with van der Waals surface area (Å²) in [5.74, 6) is -3.82. The van der Waals surface area contributed by atoms with Gasteiger partial charge in [0.2, 0.25) is 0 Å². The summed E-state index contributed by atoms with van der Waals surface area (Å²) in [5, 5.41) is 8.96. The van der Waals surface area contributed by atoms with Gasteiger partial charge >= 0.3 is 17.9 Å². The number of rotatable bonds is 3. The van der Waals surface area contributed by atoms with Crippen molar-refractivity contribution in [2.24, 2.45) is 0 Å². The fraction of sp³-hybridized carbons (Fsp3) is 0.167. The Morgan fingerprint density at radius 3 is 2.24 bits per heavy atom. The number of carbonyl (C=O) groups is 3. The number of carboxylic acid groups (broad SMARTS) is 1. The highest BCUT2D eigenvalue weighted by molar-refractivity contribution is 6.18. The van der Waals surface area contributed by atoms with Gasteiger partial charge < -0.3 is 19.1 Å². The molecule has 3 rings (SSSR count). The van der Waals surface area contributed by atoms with Gasteiger partial charge in [0.05, 0.1) is 5.56 Å². The first kappa shape index (κ1) is 16.5. The SMILES string of the molecule is CC1(C)OC(=O)C(=Cc2cccn2-c2ccc(C(=O)O)cc2)C(=O)O1. The minimum absolute atomic E-state index is 0.164. The van der Waals surface area contributed by atoms with E-state index in [4.69, 9.17) is 14.6 Å². The van der Waals surface area contributed by atoms with Gasteiger partial charge in [-0.1, -0.05) is 0 Å². The predicted molar refractivity (Wildman–Crippen MR) is 87.0 cm³/mol. The van der Waals surface area contributed by atoms with Crippen molar-refractivity contribution in [2.75, 3.05) is 0 Å². The quantitative estimate of drug-likeness (QED) is 0.523. The molecular weight excluding hydrogens is 326 g/mol. The van der Waals surface area contributed by atoms with Crippen molar-refractivity contribution < 1.29 is 29.0 Å². The van der Waals surface area contributed by atoms with E-state index in [9.17, 15) is 14.4 Å². The van der Waals surface area contributed by atoms with E-state index in [1.165, 1.54) is 32.1 Å². The number of aromatic nitrogens is 1. The molecule has 0 spiro atoms. The third-order valence-corrected chi connectivity index (χ3v) is 3.58. The fourth-order valence-electron chi connectivity index (χ4n) is 2.44. The molecule has 1 aromatic heterocycles. The summed E-state index contributed by atoms with van der Waals surface area (Å²) < 4.78 is 11.8. The fourth-order valence-corrected chi connectivity index (χ4v) is 2.44. The number of benzene rings is 1. The van der Waals surface area contributed by atoms with Crippen LogP contribution in [-0.2, 0) is 19.1 Å². The summed E-state index contributed by atoms with van der Waals surface area (Å²) in [6.45, 7) is 2.96. The van der Waals surface area contributed by atoms with Gasteiger partial charge in [-0.15, -0.1) is 0 Å². The van der Waals surface area contributed by atoms with E-state index in [0.29, 0.717) is 11.4 Å². The van der Waals surface area contributed by atoms with Crippen molar-refractivity contribution in [1.82, 2.24) is 4.57 Å². The molecule has 1 saturated heterocycles. The molecule has 0 saturated carbocycles. The van der Waals surface area contributed by atoms with Gasteiger partial charge in [0, 0.05) is 31.4 Å². The van der Waals surface area contributed by atoms with Crippen LogP contribution in [0, 0.1) is 0 Å². The zero-order chi connectivity index (χ0) is 18.2. The van der Waals surface area contributed by atoms with E-state index in [2.05, 4.69) is 0 Å². The van der Waals surface area contributed by atoms with Crippen LogP contribution < -0.4 is 0 Å². The Kier molecular flexibility index (Phi) is 3.92. The third kappa shape index (κ3) is 3.30. The second-order valence-electron chi connectivity index (χ2n) is 5.89. The summed E-state index contributed by atoms with van der Waals surface area (Å²) in [7, 11) is 0. The Labute approximate surface area is 143 Å². The summed E-state index contributed by atoms with van der Waals surface area (Å²) in [6, 6.07) is 9.65. The molecule has 0 amide bonds. The van der Waals surface area contributed by atoms with E-state index >= 15 is 0 Å². The van der Waals surface area contributed by atoms with Crippen LogP contribution in [0.15, 0.2) is 48.2 Å². The first-order valence-corrected chi connectivity index (χ1v) is 7.46. The van der Waals surface area contributed by atoms with E-state index in [0.717, 1.165) is 0 Å². The topological polar surface area (TPSA) is 94.8 Å². The molecule has 1 aliphatic rings. The maximum atomic E-state index is 12.0. The Morgan fingerprint density at radius 1 is 1.08 bits per heavy atom. The van der Waals surface area contributed by atoms with Crippen LogP contribution in [0.3, 0.4) is 0 Å². The standard InChI is InChI=1S/C18H15NO6/c1-18(2)24-16(22)14(17(23)25-18)10-13-4-3-9-19(13)12-7-5-11(6-8-12)15(20)21/h3-10H,1-2H3,(H,20,21). The molecule has 7 nitrogen and oxygen atoms in total. The van der Waals surface area contributed by atoms with Crippen molar-refractivity contribution in [3.63, 3.8) is 0 Å². The lowest BCUT2D eigenvalue weighted by atomic mass is 10.1. The second-order valence-corrected chi connectivity index (χ2v) is 5.89. The molecule has 0 radical (unpaired) electrons. The van der Waals surface area contributed by atoms with E-state index in [1.807, 2.05) is 0 Å². The molecule has 0 unspecified atom stereocenters. The molecule has 1 aromatic carbocycles.